The molecule has 0 radical (unpaired) electrons. The van der Waals surface area contributed by atoms with Crippen LogP contribution in [0.3, 0.4) is 0 Å². The van der Waals surface area contributed by atoms with Crippen LogP contribution in [0.25, 0.3) is 6.08 Å². The molecule has 0 fully saturated rings. The van der Waals surface area contributed by atoms with Gasteiger partial charge < -0.3 is 4.74 Å². The van der Waals surface area contributed by atoms with E-state index < -0.39 is 0 Å². The fourth-order valence-corrected chi connectivity index (χ4v) is 2.91. The minimum Gasteiger partial charge on any atom is -0.495 e. The van der Waals surface area contributed by atoms with E-state index in [0.29, 0.717) is 32.3 Å². The molecule has 23 heavy (non-hydrogen) atoms. The number of nitrogens with one attached hydrogen (secondary N) is 1. The van der Waals surface area contributed by atoms with Crippen molar-refractivity contribution in [2.45, 2.75) is 12.1 Å². The molecule has 0 spiro atoms. The first-order valence-corrected chi connectivity index (χ1v) is 8.42. The number of benzene rings is 1. The van der Waals surface area contributed by atoms with Gasteiger partial charge in [0, 0.05) is 16.7 Å². The van der Waals surface area contributed by atoms with Gasteiger partial charge in [-0.1, -0.05) is 35.0 Å². The van der Waals surface area contributed by atoms with Crippen molar-refractivity contribution in [3.63, 3.8) is 0 Å². The number of carbonyl (C=O) groups excluding carboxylic acids is 1. The fourth-order valence-electron chi connectivity index (χ4n) is 1.84. The van der Waals surface area contributed by atoms with Gasteiger partial charge in [0.1, 0.15) is 11.6 Å². The molecule has 1 aromatic heterocycles. The average molecular weight is 373 g/mol. The van der Waals surface area contributed by atoms with Crippen molar-refractivity contribution in [2.24, 2.45) is 0 Å². The summed E-state index contributed by atoms with van der Waals surface area (Å²) >= 11 is 13.4. The van der Waals surface area contributed by atoms with Gasteiger partial charge in [-0.2, -0.15) is 0 Å². The van der Waals surface area contributed by atoms with Crippen LogP contribution in [0.1, 0.15) is 11.4 Å². The van der Waals surface area contributed by atoms with Gasteiger partial charge in [0.05, 0.1) is 12.1 Å². The van der Waals surface area contributed by atoms with Gasteiger partial charge >= 0.3 is 0 Å². The number of aryl methyl sites for hydroxylation is 1. The van der Waals surface area contributed by atoms with Gasteiger partial charge in [0.15, 0.2) is 0 Å². The van der Waals surface area contributed by atoms with Crippen molar-refractivity contribution in [1.82, 2.24) is 14.9 Å². The van der Waals surface area contributed by atoms with Crippen molar-refractivity contribution < 1.29 is 9.53 Å². The number of rotatable bonds is 5. The topological polar surface area (TPSA) is 69.0 Å². The maximum atomic E-state index is 12.1. The van der Waals surface area contributed by atoms with Crippen LogP contribution in [0.5, 0.6) is 5.75 Å². The molecule has 6 nitrogen and oxygen atoms in total. The molecule has 1 N–H and O–H groups in total. The van der Waals surface area contributed by atoms with Crippen molar-refractivity contribution in [3.05, 3.63) is 39.6 Å². The van der Waals surface area contributed by atoms with Crippen LogP contribution >= 0.6 is 35.0 Å². The number of aromatic nitrogens is 3. The highest BCUT2D eigenvalue weighted by atomic mass is 35.5. The summed E-state index contributed by atoms with van der Waals surface area (Å²) in [4.78, 5) is 12.1. The molecule has 0 aliphatic heterocycles. The predicted molar refractivity (Wildman–Crippen MR) is 93.0 cm³/mol. The minimum absolute atomic E-state index is 0.346. The monoisotopic (exact) mass is 372 g/mol. The van der Waals surface area contributed by atoms with E-state index in [1.54, 1.807) is 25.1 Å². The lowest BCUT2D eigenvalue weighted by molar-refractivity contribution is -0.112. The standard InChI is InChI=1S/C14H14Cl2N4O2S/c1-8-17-18-14(23-3)20(8)19-12(21)5-4-9-6-10(15)7-11(16)13(9)22-2/h4-7H,1-3H3,(H,19,21). The highest BCUT2D eigenvalue weighted by Crippen LogP contribution is 2.32. The Hall–Kier alpha value is -1.70. The normalized spacial score (nSPS) is 11.0. The lowest BCUT2D eigenvalue weighted by atomic mass is 10.2. The number of thioether (sulfide) groups is 1. The molecule has 0 atom stereocenters. The van der Waals surface area contributed by atoms with Crippen molar-refractivity contribution >= 4 is 46.9 Å². The molecular formula is C14H14Cl2N4O2S. The smallest absolute Gasteiger partial charge is 0.262 e. The Morgan fingerprint density at radius 1 is 1.39 bits per heavy atom. The van der Waals surface area contributed by atoms with E-state index in [4.69, 9.17) is 27.9 Å². The summed E-state index contributed by atoms with van der Waals surface area (Å²) in [6, 6.07) is 3.23. The molecule has 1 aromatic carbocycles. The third-order valence-corrected chi connectivity index (χ3v) is 3.98. The average Bonchev–Trinajstić information content (AvgIpc) is 2.85. The van der Waals surface area contributed by atoms with Crippen LogP contribution in [0.2, 0.25) is 10.0 Å². The van der Waals surface area contributed by atoms with Crippen LogP contribution in [0.15, 0.2) is 23.4 Å². The Balaban J connectivity index is 2.20. The molecule has 1 amide bonds. The largest absolute Gasteiger partial charge is 0.495 e. The molecular weight excluding hydrogens is 359 g/mol. The van der Waals surface area contributed by atoms with Crippen molar-refractivity contribution in [2.75, 3.05) is 18.8 Å². The third kappa shape index (κ3) is 4.19. The first-order valence-electron chi connectivity index (χ1n) is 6.44. The summed E-state index contributed by atoms with van der Waals surface area (Å²) in [5.41, 5.74) is 3.29. The number of hydrogen-bond acceptors (Lipinski definition) is 5. The van der Waals surface area contributed by atoms with Crippen molar-refractivity contribution in [3.8, 4) is 5.75 Å². The SMILES string of the molecule is COc1c(Cl)cc(Cl)cc1C=CC(=O)Nn1c(C)nnc1SC. The van der Waals surface area contributed by atoms with Crippen LogP contribution < -0.4 is 10.2 Å². The van der Waals surface area contributed by atoms with Gasteiger partial charge in [-0.25, -0.2) is 4.68 Å². The van der Waals surface area contributed by atoms with Gasteiger partial charge in [-0.3, -0.25) is 10.2 Å². The summed E-state index contributed by atoms with van der Waals surface area (Å²) in [6.45, 7) is 1.75. The first kappa shape index (κ1) is 17.7. The molecule has 0 saturated heterocycles. The first-order chi connectivity index (χ1) is 11.0. The van der Waals surface area contributed by atoms with E-state index in [9.17, 15) is 4.79 Å². The summed E-state index contributed by atoms with van der Waals surface area (Å²) in [6.07, 6.45) is 4.78. The quantitative estimate of drug-likeness (QED) is 0.643. The van der Waals surface area contributed by atoms with Crippen LogP contribution in [0.4, 0.5) is 0 Å². The lowest BCUT2D eigenvalue weighted by Crippen LogP contribution is -2.22. The molecule has 0 unspecified atom stereocenters. The van der Waals surface area contributed by atoms with Crippen molar-refractivity contribution in [1.29, 1.82) is 0 Å². The highest BCUT2D eigenvalue weighted by Gasteiger charge is 2.10. The molecule has 9 heteroatoms. The van der Waals surface area contributed by atoms with E-state index in [2.05, 4.69) is 15.6 Å². The van der Waals surface area contributed by atoms with Gasteiger partial charge in [0.25, 0.3) is 5.91 Å². The molecule has 2 aromatic rings. The summed E-state index contributed by atoms with van der Waals surface area (Å²) in [5, 5.41) is 9.26. The zero-order chi connectivity index (χ0) is 17.0. The maximum Gasteiger partial charge on any atom is 0.262 e. The van der Waals surface area contributed by atoms with Crippen LogP contribution in [-0.4, -0.2) is 34.1 Å². The highest BCUT2D eigenvalue weighted by molar-refractivity contribution is 7.98. The molecule has 1 heterocycles. The number of halogens is 2. The van der Waals surface area contributed by atoms with Gasteiger partial charge in [-0.15, -0.1) is 10.2 Å². The van der Waals surface area contributed by atoms with E-state index in [1.807, 2.05) is 6.26 Å². The maximum absolute atomic E-state index is 12.1. The number of nitrogens with zero attached hydrogens (tertiary/aromatic N) is 3. The summed E-state index contributed by atoms with van der Waals surface area (Å²) in [5.74, 6) is 0.686. The van der Waals surface area contributed by atoms with Gasteiger partial charge in [-0.05, 0) is 31.4 Å². The zero-order valence-corrected chi connectivity index (χ0v) is 15.0. The molecule has 122 valence electrons. The minimum atomic E-state index is -0.346. The van der Waals surface area contributed by atoms with E-state index in [0.717, 1.165) is 0 Å². The number of hydrogen-bond donors (Lipinski definition) is 1. The molecule has 0 bridgehead atoms. The fraction of sp³-hybridized carbons (Fsp3) is 0.214. The second-order valence-corrected chi connectivity index (χ2v) is 6.01. The Morgan fingerprint density at radius 2 is 2.13 bits per heavy atom. The van der Waals surface area contributed by atoms with E-state index >= 15 is 0 Å². The number of methoxy groups -OCH3 is 1. The summed E-state index contributed by atoms with van der Waals surface area (Å²) < 4.78 is 6.74. The third-order valence-electron chi connectivity index (χ3n) is 2.86. The zero-order valence-electron chi connectivity index (χ0n) is 12.6. The second-order valence-electron chi connectivity index (χ2n) is 4.39. The predicted octanol–water partition coefficient (Wildman–Crippen LogP) is 3.41. The molecule has 0 saturated carbocycles. The molecule has 2 rings (SSSR count). The lowest BCUT2D eigenvalue weighted by Gasteiger charge is -2.08. The Kier molecular flexibility index (Phi) is 5.92. The Labute approximate surface area is 147 Å². The Morgan fingerprint density at radius 3 is 2.78 bits per heavy atom. The van der Waals surface area contributed by atoms with E-state index in [-0.39, 0.29) is 5.91 Å². The molecule has 0 aliphatic carbocycles. The second kappa shape index (κ2) is 7.72. The van der Waals surface area contributed by atoms with Crippen LogP contribution in [0, 0.1) is 6.92 Å². The number of carbonyl (C=O) groups is 1. The molecule has 0 aliphatic rings. The number of ether oxygens (including phenoxy) is 1. The number of amides is 1. The van der Waals surface area contributed by atoms with Crippen LogP contribution in [-0.2, 0) is 4.79 Å². The Bertz CT molecular complexity index is 761. The summed E-state index contributed by atoms with van der Waals surface area (Å²) in [7, 11) is 1.50. The van der Waals surface area contributed by atoms with Gasteiger partial charge in [0.2, 0.25) is 5.16 Å². The van der Waals surface area contributed by atoms with E-state index in [1.165, 1.54) is 29.6 Å².